The van der Waals surface area contributed by atoms with Crippen LogP contribution in [0, 0.1) is 11.8 Å². The van der Waals surface area contributed by atoms with E-state index in [1.165, 1.54) is 7.11 Å². The summed E-state index contributed by atoms with van der Waals surface area (Å²) in [6, 6.07) is 7.53. The number of halogens is 1. The molecule has 4 heterocycles. The van der Waals surface area contributed by atoms with E-state index in [4.69, 9.17) is 14.2 Å². The number of likely N-dealkylation sites (tertiary alicyclic amines) is 1. The number of benzene rings is 1. The fourth-order valence-corrected chi connectivity index (χ4v) is 9.19. The predicted octanol–water partition coefficient (Wildman–Crippen LogP) is 3.95. The Morgan fingerprint density at radius 2 is 1.78 bits per heavy atom. The Hall–Kier alpha value is -3.06. The molecule has 4 aliphatic heterocycles. The lowest BCUT2D eigenvalue weighted by molar-refractivity contribution is -0.162. The number of hydrogen-bond donors (Lipinski definition) is 2. The number of cyclic esters (lactones) is 1. The molecule has 49 heavy (non-hydrogen) atoms. The van der Waals surface area contributed by atoms with E-state index < -0.39 is 47.7 Å². The number of aliphatic hydroxyl groups is 1. The lowest BCUT2D eigenvalue weighted by Gasteiger charge is -2.40. The number of carbonyl (C=O) groups excluding carboxylic acids is 4. The number of fused-ring (bicyclic) bond motifs is 2. The minimum atomic E-state index is -1.36. The summed E-state index contributed by atoms with van der Waals surface area (Å²) < 4.78 is 19.1. The number of aliphatic hydroxyl groups excluding tert-OH is 1. The molecule has 5 bridgehead atoms. The van der Waals surface area contributed by atoms with Crippen molar-refractivity contribution in [3.8, 4) is 0 Å². The molecule has 1 aliphatic carbocycles. The molecular weight excluding hydrogens is 694 g/mol. The summed E-state index contributed by atoms with van der Waals surface area (Å²) in [6.45, 7) is 0.782. The van der Waals surface area contributed by atoms with Gasteiger partial charge in [0.25, 0.3) is 0 Å². The van der Waals surface area contributed by atoms with Gasteiger partial charge in [-0.05, 0) is 50.2 Å². The van der Waals surface area contributed by atoms with Crippen LogP contribution < -0.4 is 5.32 Å². The number of unbranched alkanes of at least 4 members (excludes halogenated alkanes) is 2. The van der Waals surface area contributed by atoms with Gasteiger partial charge in [0.2, 0.25) is 17.7 Å². The number of rotatable bonds is 9. The number of esters is 1. The Labute approximate surface area is 296 Å². The maximum Gasteiger partial charge on any atom is 0.313 e. The average Bonchev–Trinajstić information content (AvgIpc) is 3.70. The molecule has 6 rings (SSSR count). The summed E-state index contributed by atoms with van der Waals surface area (Å²) in [5.41, 5.74) is -0.686. The molecule has 1 spiro atoms. The van der Waals surface area contributed by atoms with Crippen molar-refractivity contribution in [1.29, 1.82) is 0 Å². The molecule has 3 amide bonds. The molecule has 5 aliphatic rings. The van der Waals surface area contributed by atoms with Crippen molar-refractivity contribution in [1.82, 2.24) is 15.1 Å². The molecular formula is C37H48BrN3O8. The molecule has 3 fully saturated rings. The van der Waals surface area contributed by atoms with Crippen LogP contribution in [-0.2, 0) is 33.4 Å². The zero-order valence-corrected chi connectivity index (χ0v) is 29.7. The Bertz CT molecular complexity index is 1430. The van der Waals surface area contributed by atoms with Crippen molar-refractivity contribution < 1.29 is 38.5 Å². The van der Waals surface area contributed by atoms with Crippen molar-refractivity contribution in [3.05, 3.63) is 58.6 Å². The normalized spacial score (nSPS) is 33.3. The molecule has 1 saturated carbocycles. The Morgan fingerprint density at radius 1 is 1.00 bits per heavy atom. The Kier molecular flexibility index (Phi) is 11.6. The van der Waals surface area contributed by atoms with Crippen molar-refractivity contribution in [3.63, 3.8) is 0 Å². The van der Waals surface area contributed by atoms with Gasteiger partial charge in [-0.3, -0.25) is 19.2 Å². The van der Waals surface area contributed by atoms with E-state index in [0.29, 0.717) is 48.8 Å². The van der Waals surface area contributed by atoms with Gasteiger partial charge >= 0.3 is 5.97 Å². The molecule has 0 unspecified atom stereocenters. The minimum absolute atomic E-state index is 0.00583. The molecule has 12 heteroatoms. The molecule has 266 valence electrons. The molecule has 0 aromatic heterocycles. The molecule has 7 atom stereocenters. The highest BCUT2D eigenvalue weighted by atomic mass is 79.9. The van der Waals surface area contributed by atoms with E-state index in [-0.39, 0.29) is 43.4 Å². The summed E-state index contributed by atoms with van der Waals surface area (Å²) in [7, 11) is 1.53. The first-order valence-corrected chi connectivity index (χ1v) is 18.6. The fraction of sp³-hybridized carbons (Fsp3) is 0.622. The fourth-order valence-electron chi connectivity index (χ4n) is 8.46. The lowest BCUT2D eigenvalue weighted by Crippen LogP contribution is -2.58. The second-order valence-corrected chi connectivity index (χ2v) is 14.7. The summed E-state index contributed by atoms with van der Waals surface area (Å²) in [6.07, 6.45) is 11.4. The van der Waals surface area contributed by atoms with E-state index in [1.54, 1.807) is 4.90 Å². The van der Waals surface area contributed by atoms with Gasteiger partial charge in [0.1, 0.15) is 29.8 Å². The second kappa shape index (κ2) is 15.9. The Morgan fingerprint density at radius 3 is 2.51 bits per heavy atom. The van der Waals surface area contributed by atoms with Crippen LogP contribution in [-0.4, -0.2) is 102 Å². The van der Waals surface area contributed by atoms with Crippen LogP contribution in [0.2, 0.25) is 0 Å². The molecule has 2 saturated heterocycles. The number of nitrogens with zero attached hydrogens (tertiary/aromatic N) is 2. The molecule has 11 nitrogen and oxygen atoms in total. The average molecular weight is 743 g/mol. The van der Waals surface area contributed by atoms with Gasteiger partial charge in [-0.1, -0.05) is 77.7 Å². The van der Waals surface area contributed by atoms with Crippen LogP contribution in [0.5, 0.6) is 0 Å². The van der Waals surface area contributed by atoms with Crippen molar-refractivity contribution in [2.45, 2.75) is 100 Å². The van der Waals surface area contributed by atoms with Gasteiger partial charge in [0, 0.05) is 43.8 Å². The first kappa shape index (κ1) is 35.8. The SMILES string of the molecule is COC[C@@H]1NC(=O)CC/C=C\CN(C2CCCCC2)C(=O)[C@H]2N(CCCCCO)C(=O)[C@@H]3[C@@H](C(=O)O[C@H]1c1ccccc1)[C@@H]1O[C@@]32C=C1Br. The van der Waals surface area contributed by atoms with Gasteiger partial charge in [-0.2, -0.15) is 0 Å². The van der Waals surface area contributed by atoms with E-state index in [2.05, 4.69) is 21.2 Å². The van der Waals surface area contributed by atoms with Crippen LogP contribution in [0.1, 0.15) is 75.9 Å². The highest BCUT2D eigenvalue weighted by Gasteiger charge is 2.75. The van der Waals surface area contributed by atoms with E-state index in [1.807, 2.05) is 53.5 Å². The van der Waals surface area contributed by atoms with Gasteiger partial charge in [0.15, 0.2) is 0 Å². The maximum atomic E-state index is 15.0. The van der Waals surface area contributed by atoms with Crippen LogP contribution >= 0.6 is 15.9 Å². The van der Waals surface area contributed by atoms with Crippen LogP contribution in [0.3, 0.4) is 0 Å². The number of amides is 3. The number of carbonyl (C=O) groups is 4. The third-order valence-electron chi connectivity index (χ3n) is 10.7. The summed E-state index contributed by atoms with van der Waals surface area (Å²) in [5, 5.41) is 12.4. The van der Waals surface area contributed by atoms with Crippen molar-refractivity contribution in [2.24, 2.45) is 11.8 Å². The number of allylic oxidation sites excluding steroid dienone is 1. The van der Waals surface area contributed by atoms with E-state index >= 15 is 0 Å². The van der Waals surface area contributed by atoms with Crippen molar-refractivity contribution in [2.75, 3.05) is 33.4 Å². The monoisotopic (exact) mass is 741 g/mol. The van der Waals surface area contributed by atoms with Gasteiger partial charge in [-0.25, -0.2) is 0 Å². The molecule has 0 radical (unpaired) electrons. The summed E-state index contributed by atoms with van der Waals surface area (Å²) in [5.74, 6) is -3.33. The quantitative estimate of drug-likeness (QED) is 0.221. The van der Waals surface area contributed by atoms with Crippen LogP contribution in [0.15, 0.2) is 53.0 Å². The maximum absolute atomic E-state index is 15.0. The zero-order chi connectivity index (χ0) is 34.5. The van der Waals surface area contributed by atoms with Gasteiger partial charge in [0.05, 0.1) is 18.6 Å². The number of ether oxygens (including phenoxy) is 3. The smallest absolute Gasteiger partial charge is 0.313 e. The first-order valence-electron chi connectivity index (χ1n) is 17.8. The van der Waals surface area contributed by atoms with Crippen LogP contribution in [0.4, 0.5) is 0 Å². The van der Waals surface area contributed by atoms with E-state index in [0.717, 1.165) is 32.1 Å². The van der Waals surface area contributed by atoms with Crippen molar-refractivity contribution >= 4 is 39.6 Å². The first-order chi connectivity index (χ1) is 23.8. The molecule has 2 N–H and O–H groups in total. The number of hydrogen-bond acceptors (Lipinski definition) is 8. The highest BCUT2D eigenvalue weighted by molar-refractivity contribution is 9.11. The molecule has 1 aromatic carbocycles. The zero-order valence-electron chi connectivity index (χ0n) is 28.1. The van der Waals surface area contributed by atoms with Gasteiger partial charge in [-0.15, -0.1) is 0 Å². The topological polar surface area (TPSA) is 135 Å². The number of nitrogens with one attached hydrogen (secondary N) is 1. The highest BCUT2D eigenvalue weighted by Crippen LogP contribution is 2.59. The standard InChI is InChI=1S/C37H48BrN3O8/c1-47-23-27-31(24-14-6-2-7-15-24)48-36(46)29-30-34(44)41(20-12-5-13-21-42)33(37(30)22-26(38)32(29)49-37)35(45)40(25-16-8-3-9-17-25)19-11-4-10-18-28(43)39-27/h2,4,6-7,11,14-15,22,25,27,29-33,42H,3,5,8-10,12-13,16-21,23H2,1H3,(H,39,43)/b11-4-/t27-,29+,30-,31-,32+,33+,37-/m0/s1. The van der Waals surface area contributed by atoms with Crippen LogP contribution in [0.25, 0.3) is 0 Å². The Balaban J connectivity index is 1.43. The van der Waals surface area contributed by atoms with E-state index in [9.17, 15) is 24.3 Å². The second-order valence-electron chi connectivity index (χ2n) is 13.8. The van der Waals surface area contributed by atoms with Gasteiger partial charge < -0.3 is 34.4 Å². The largest absolute Gasteiger partial charge is 0.455 e. The number of methoxy groups -OCH3 is 1. The minimum Gasteiger partial charge on any atom is -0.455 e. The third-order valence-corrected chi connectivity index (χ3v) is 11.4. The summed E-state index contributed by atoms with van der Waals surface area (Å²) in [4.78, 5) is 60.9. The predicted molar refractivity (Wildman–Crippen MR) is 184 cm³/mol. The third kappa shape index (κ3) is 7.11. The lowest BCUT2D eigenvalue weighted by atomic mass is 9.74. The molecule has 1 aromatic rings. The summed E-state index contributed by atoms with van der Waals surface area (Å²) >= 11 is 3.64.